The Morgan fingerprint density at radius 1 is 1.07 bits per heavy atom. The summed E-state index contributed by atoms with van der Waals surface area (Å²) < 4.78 is 24.2. The molecular formula is C20H25FIN3O2. The molecule has 0 bridgehead atoms. The number of aliphatic imine (C=N–C) groups is 1. The monoisotopic (exact) mass is 485 g/mol. The standard InChI is InChI=1S/C20H24FN3O2.HI/c1-22-20(24(2)14-16-3-6-17(21)7-4-16)23-10-9-15-5-8-18-19(13-15)26-12-11-25-18;/h3-8,13H,9-12,14H2,1-2H3,(H,22,23);1H. The van der Waals surface area contributed by atoms with Gasteiger partial charge in [-0.05, 0) is 41.8 Å². The average molecular weight is 485 g/mol. The van der Waals surface area contributed by atoms with Gasteiger partial charge in [0.2, 0.25) is 0 Å². The fourth-order valence-electron chi connectivity index (χ4n) is 2.89. The Bertz CT molecular complexity index is 768. The molecule has 0 aromatic heterocycles. The van der Waals surface area contributed by atoms with Gasteiger partial charge in [-0.25, -0.2) is 4.39 Å². The molecule has 0 unspecified atom stereocenters. The SMILES string of the molecule is CN=C(NCCc1ccc2c(c1)OCCO2)N(C)Cc1ccc(F)cc1.I. The minimum absolute atomic E-state index is 0. The van der Waals surface area contributed by atoms with Crippen LogP contribution in [-0.4, -0.2) is 44.7 Å². The van der Waals surface area contributed by atoms with Crippen LogP contribution >= 0.6 is 24.0 Å². The van der Waals surface area contributed by atoms with Crippen molar-refractivity contribution < 1.29 is 13.9 Å². The van der Waals surface area contributed by atoms with Crippen molar-refractivity contribution in [3.63, 3.8) is 0 Å². The number of rotatable bonds is 5. The minimum Gasteiger partial charge on any atom is -0.486 e. The normalized spacial score (nSPS) is 12.9. The molecular weight excluding hydrogens is 460 g/mol. The van der Waals surface area contributed by atoms with E-state index in [1.807, 2.05) is 24.1 Å². The van der Waals surface area contributed by atoms with E-state index in [2.05, 4.69) is 16.4 Å². The van der Waals surface area contributed by atoms with Gasteiger partial charge < -0.3 is 19.7 Å². The van der Waals surface area contributed by atoms with Gasteiger partial charge >= 0.3 is 0 Å². The van der Waals surface area contributed by atoms with Crippen molar-refractivity contribution in [2.75, 3.05) is 33.9 Å². The van der Waals surface area contributed by atoms with Crippen LogP contribution in [0.5, 0.6) is 11.5 Å². The Morgan fingerprint density at radius 3 is 2.44 bits per heavy atom. The first kappa shape index (κ1) is 21.3. The van der Waals surface area contributed by atoms with Gasteiger partial charge in [0.1, 0.15) is 19.0 Å². The molecule has 1 aliphatic rings. The molecule has 5 nitrogen and oxygen atoms in total. The van der Waals surface area contributed by atoms with E-state index < -0.39 is 0 Å². The van der Waals surface area contributed by atoms with Crippen LogP contribution in [0.25, 0.3) is 0 Å². The van der Waals surface area contributed by atoms with E-state index in [0.29, 0.717) is 19.8 Å². The molecule has 146 valence electrons. The maximum Gasteiger partial charge on any atom is 0.193 e. The number of ether oxygens (including phenoxy) is 2. The minimum atomic E-state index is -0.224. The summed E-state index contributed by atoms with van der Waals surface area (Å²) in [4.78, 5) is 6.33. The van der Waals surface area contributed by atoms with Crippen molar-refractivity contribution in [2.45, 2.75) is 13.0 Å². The summed E-state index contributed by atoms with van der Waals surface area (Å²) in [7, 11) is 3.72. The maximum absolute atomic E-state index is 13.0. The van der Waals surface area contributed by atoms with Crippen LogP contribution in [0.3, 0.4) is 0 Å². The van der Waals surface area contributed by atoms with E-state index in [4.69, 9.17) is 9.47 Å². The highest BCUT2D eigenvalue weighted by Crippen LogP contribution is 2.30. The van der Waals surface area contributed by atoms with Crippen molar-refractivity contribution >= 4 is 29.9 Å². The Kier molecular flexibility index (Phi) is 8.15. The molecule has 2 aromatic rings. The van der Waals surface area contributed by atoms with Gasteiger partial charge in [0.05, 0.1) is 0 Å². The third kappa shape index (κ3) is 5.98. The van der Waals surface area contributed by atoms with E-state index in [0.717, 1.165) is 36.0 Å². The highest BCUT2D eigenvalue weighted by atomic mass is 127. The molecule has 7 heteroatoms. The van der Waals surface area contributed by atoms with E-state index in [1.165, 1.54) is 17.7 Å². The summed E-state index contributed by atoms with van der Waals surface area (Å²) in [6.07, 6.45) is 0.847. The first-order valence-corrected chi connectivity index (χ1v) is 8.70. The summed E-state index contributed by atoms with van der Waals surface area (Å²) in [6, 6.07) is 12.6. The molecule has 0 aliphatic carbocycles. The van der Waals surface area contributed by atoms with Gasteiger partial charge in [-0.1, -0.05) is 18.2 Å². The lowest BCUT2D eigenvalue weighted by Gasteiger charge is -2.22. The number of nitrogens with one attached hydrogen (secondary N) is 1. The van der Waals surface area contributed by atoms with Gasteiger partial charge in [0.25, 0.3) is 0 Å². The number of fused-ring (bicyclic) bond motifs is 1. The zero-order chi connectivity index (χ0) is 18.4. The highest BCUT2D eigenvalue weighted by Gasteiger charge is 2.12. The molecule has 0 atom stereocenters. The van der Waals surface area contributed by atoms with Crippen LogP contribution in [0.1, 0.15) is 11.1 Å². The third-order valence-corrected chi connectivity index (χ3v) is 4.21. The summed E-state index contributed by atoms with van der Waals surface area (Å²) >= 11 is 0. The molecule has 3 rings (SSSR count). The van der Waals surface area contributed by atoms with Crippen molar-refractivity contribution in [1.29, 1.82) is 0 Å². The average Bonchev–Trinajstić information content (AvgIpc) is 2.67. The topological polar surface area (TPSA) is 46.1 Å². The summed E-state index contributed by atoms with van der Waals surface area (Å²) in [5, 5.41) is 3.36. The van der Waals surface area contributed by atoms with E-state index in [1.54, 1.807) is 19.2 Å². The molecule has 1 aliphatic heterocycles. The molecule has 27 heavy (non-hydrogen) atoms. The second-order valence-corrected chi connectivity index (χ2v) is 6.18. The van der Waals surface area contributed by atoms with E-state index in [-0.39, 0.29) is 29.8 Å². The van der Waals surface area contributed by atoms with Crippen LogP contribution < -0.4 is 14.8 Å². The number of hydrogen-bond acceptors (Lipinski definition) is 3. The molecule has 0 saturated heterocycles. The number of guanidine groups is 1. The Hall–Kier alpha value is -2.03. The number of benzene rings is 2. The predicted octanol–water partition coefficient (Wildman–Crippen LogP) is 3.46. The smallest absolute Gasteiger partial charge is 0.193 e. The Balaban J connectivity index is 0.00000261. The fourth-order valence-corrected chi connectivity index (χ4v) is 2.89. The number of halogens is 2. The van der Waals surface area contributed by atoms with E-state index >= 15 is 0 Å². The maximum atomic E-state index is 13.0. The first-order chi connectivity index (χ1) is 12.7. The Morgan fingerprint density at radius 2 is 1.74 bits per heavy atom. The molecule has 2 aromatic carbocycles. The predicted molar refractivity (Wildman–Crippen MR) is 116 cm³/mol. The second-order valence-electron chi connectivity index (χ2n) is 6.18. The lowest BCUT2D eigenvalue weighted by atomic mass is 10.1. The molecule has 1 N–H and O–H groups in total. The Labute approximate surface area is 176 Å². The third-order valence-electron chi connectivity index (χ3n) is 4.21. The molecule has 0 fully saturated rings. The number of nitrogens with zero attached hydrogens (tertiary/aromatic N) is 2. The molecule has 0 saturated carbocycles. The fraction of sp³-hybridized carbons (Fsp3) is 0.350. The van der Waals surface area contributed by atoms with Crippen molar-refractivity contribution in [2.24, 2.45) is 4.99 Å². The summed E-state index contributed by atoms with van der Waals surface area (Å²) in [5.74, 6) is 2.19. The molecule has 0 spiro atoms. The van der Waals surface area contributed by atoms with Gasteiger partial charge in [-0.3, -0.25) is 4.99 Å². The number of hydrogen-bond donors (Lipinski definition) is 1. The second kappa shape index (κ2) is 10.3. The summed E-state index contributed by atoms with van der Waals surface area (Å²) in [6.45, 7) is 2.60. The summed E-state index contributed by atoms with van der Waals surface area (Å²) in [5.41, 5.74) is 2.21. The lowest BCUT2D eigenvalue weighted by Crippen LogP contribution is -2.39. The zero-order valence-corrected chi connectivity index (χ0v) is 17.9. The quantitative estimate of drug-likeness (QED) is 0.401. The zero-order valence-electron chi connectivity index (χ0n) is 15.6. The van der Waals surface area contributed by atoms with Crippen LogP contribution in [0.4, 0.5) is 4.39 Å². The molecule has 1 heterocycles. The first-order valence-electron chi connectivity index (χ1n) is 8.70. The molecule has 0 radical (unpaired) electrons. The van der Waals surface area contributed by atoms with Crippen molar-refractivity contribution in [1.82, 2.24) is 10.2 Å². The van der Waals surface area contributed by atoms with Crippen LogP contribution in [0.2, 0.25) is 0 Å². The van der Waals surface area contributed by atoms with Crippen LogP contribution in [-0.2, 0) is 13.0 Å². The van der Waals surface area contributed by atoms with Gasteiger partial charge in [-0.15, -0.1) is 24.0 Å². The molecule has 0 amide bonds. The van der Waals surface area contributed by atoms with Crippen LogP contribution in [0, 0.1) is 5.82 Å². The van der Waals surface area contributed by atoms with Crippen LogP contribution in [0.15, 0.2) is 47.5 Å². The van der Waals surface area contributed by atoms with Gasteiger partial charge in [0, 0.05) is 27.2 Å². The van der Waals surface area contributed by atoms with Crippen molar-refractivity contribution in [3.8, 4) is 11.5 Å². The van der Waals surface area contributed by atoms with Crippen molar-refractivity contribution in [3.05, 3.63) is 59.4 Å². The van der Waals surface area contributed by atoms with Gasteiger partial charge in [0.15, 0.2) is 17.5 Å². The highest BCUT2D eigenvalue weighted by molar-refractivity contribution is 14.0. The largest absolute Gasteiger partial charge is 0.486 e. The van der Waals surface area contributed by atoms with E-state index in [9.17, 15) is 4.39 Å². The lowest BCUT2D eigenvalue weighted by molar-refractivity contribution is 0.171. The van der Waals surface area contributed by atoms with Gasteiger partial charge in [-0.2, -0.15) is 0 Å².